The van der Waals surface area contributed by atoms with E-state index in [1.165, 1.54) is 6.08 Å². The van der Waals surface area contributed by atoms with Crippen LogP contribution in [-0.4, -0.2) is 66.4 Å². The van der Waals surface area contributed by atoms with E-state index in [9.17, 15) is 4.79 Å². The number of nitrogens with one attached hydrogen (secondary N) is 1. The first-order chi connectivity index (χ1) is 25.6. The van der Waals surface area contributed by atoms with E-state index in [1.807, 2.05) is 111 Å². The van der Waals surface area contributed by atoms with E-state index in [0.717, 1.165) is 20.2 Å². The number of carbonyl (C=O) groups excluding carboxylic acids is 3. The predicted molar refractivity (Wildman–Crippen MR) is 231 cm³/mol. The van der Waals surface area contributed by atoms with Gasteiger partial charge in [0, 0.05) is 13.1 Å². The smallest absolute Gasteiger partial charge is 0.356 e. The lowest BCUT2D eigenvalue weighted by molar-refractivity contribution is -0.163. The standard InChI is InChI=1S/C42H52N3O5PS2Si/c1-10-26-49-41(48)40(51(32-20-14-11-15-21-32,33-22-16-12-17-23-33)34-24-18-13-19-25-34)45-37(36(39(45)47)31(3)50-54(8,9)42(4,5)6)30(2)38(46)44-29-35-52-27-28-53(35,7)43-44/h10-25,27-31,36-37,43H,1,26H2,2-9H3/t30-,31-,36-,37-/m1/s1. The van der Waals surface area contributed by atoms with Gasteiger partial charge in [0.05, 0.1) is 28.2 Å². The van der Waals surface area contributed by atoms with Gasteiger partial charge in [-0.25, -0.2) is 9.80 Å². The van der Waals surface area contributed by atoms with Gasteiger partial charge in [-0.15, -0.1) is 10.2 Å². The molecule has 3 aliphatic heterocycles. The first-order valence-electron chi connectivity index (χ1n) is 18.2. The average Bonchev–Trinajstić information content (AvgIpc) is 3.67. The summed E-state index contributed by atoms with van der Waals surface area (Å²) < 4.78 is 14.0. The van der Waals surface area contributed by atoms with E-state index in [-0.39, 0.29) is 28.9 Å². The second-order valence-corrected chi connectivity index (χ2v) is 27.7. The maximum atomic E-state index is 15.2. The van der Waals surface area contributed by atoms with Crippen molar-refractivity contribution in [2.45, 2.75) is 64.9 Å². The van der Waals surface area contributed by atoms with Gasteiger partial charge in [-0.1, -0.05) is 143 Å². The maximum Gasteiger partial charge on any atom is 0.356 e. The van der Waals surface area contributed by atoms with E-state index >= 15 is 9.59 Å². The Morgan fingerprint density at radius 2 is 1.48 bits per heavy atom. The molecule has 0 radical (unpaired) electrons. The second-order valence-electron chi connectivity index (χ2n) is 15.6. The number of β-lactam (4-membered cyclic amide) rings is 1. The van der Waals surface area contributed by atoms with E-state index in [2.05, 4.69) is 62.3 Å². The number of benzene rings is 3. The minimum Gasteiger partial charge on any atom is -0.457 e. The molecule has 0 aliphatic carbocycles. The molecular weight excluding hydrogens is 750 g/mol. The van der Waals surface area contributed by atoms with Crippen LogP contribution in [0, 0.1) is 11.8 Å². The monoisotopic (exact) mass is 801 g/mol. The van der Waals surface area contributed by atoms with Crippen molar-refractivity contribution in [1.82, 2.24) is 14.7 Å². The lowest BCUT2D eigenvalue weighted by Crippen LogP contribution is -2.72. The van der Waals surface area contributed by atoms with Crippen LogP contribution in [0.4, 0.5) is 0 Å². The largest absolute Gasteiger partial charge is 0.457 e. The normalized spacial score (nSPS) is 23.4. The Kier molecular flexibility index (Phi) is 11.5. The van der Waals surface area contributed by atoms with Crippen LogP contribution in [0.5, 0.6) is 0 Å². The number of ether oxygens (including phenoxy) is 1. The lowest BCUT2D eigenvalue weighted by Gasteiger charge is -2.54. The molecule has 6 rings (SSSR count). The third kappa shape index (κ3) is 7.04. The number of nitrogens with zero attached hydrogens (tertiary/aromatic N) is 2. The van der Waals surface area contributed by atoms with Crippen molar-refractivity contribution in [3.63, 3.8) is 0 Å². The van der Waals surface area contributed by atoms with Crippen LogP contribution < -0.4 is 20.7 Å². The van der Waals surface area contributed by atoms with Crippen LogP contribution in [-0.2, 0) is 23.5 Å². The van der Waals surface area contributed by atoms with Crippen LogP contribution >= 0.6 is 28.9 Å². The molecule has 2 amide bonds. The summed E-state index contributed by atoms with van der Waals surface area (Å²) in [7, 11) is -3.87. The molecule has 286 valence electrons. The highest BCUT2D eigenvalue weighted by Crippen LogP contribution is 2.63. The van der Waals surface area contributed by atoms with Crippen molar-refractivity contribution >= 4 is 76.3 Å². The fraction of sp³-hybridized carbons (Fsp3) is 0.333. The number of thioether (sulfide) groups is 1. The van der Waals surface area contributed by atoms with Crippen molar-refractivity contribution in [2.24, 2.45) is 11.8 Å². The van der Waals surface area contributed by atoms with Crippen LogP contribution in [0.2, 0.25) is 18.1 Å². The minimum atomic E-state index is -3.18. The molecule has 3 aromatic rings. The number of hydrogen-bond donors (Lipinski definition) is 1. The van der Waals surface area contributed by atoms with Crippen molar-refractivity contribution in [1.29, 1.82) is 0 Å². The third-order valence-corrected chi connectivity index (χ3v) is 24.2. The molecule has 3 aromatic carbocycles. The molecule has 0 aromatic heterocycles. The van der Waals surface area contributed by atoms with Crippen molar-refractivity contribution in [2.75, 3.05) is 12.9 Å². The third-order valence-electron chi connectivity index (χ3n) is 11.1. The van der Waals surface area contributed by atoms with Gasteiger partial charge in [0.1, 0.15) is 12.0 Å². The predicted octanol–water partition coefficient (Wildman–Crippen LogP) is 7.43. The molecular formula is C42H52N3O5PS2Si. The zero-order chi connectivity index (χ0) is 39.1. The maximum absolute atomic E-state index is 15.2. The molecule has 5 atom stereocenters. The minimum absolute atomic E-state index is 0.0476. The number of esters is 1. The average molecular weight is 802 g/mol. The summed E-state index contributed by atoms with van der Waals surface area (Å²) in [5.74, 6) is -2.50. The van der Waals surface area contributed by atoms with Crippen molar-refractivity contribution in [3.05, 3.63) is 125 Å². The molecule has 0 saturated carbocycles. The van der Waals surface area contributed by atoms with Crippen LogP contribution in [0.1, 0.15) is 34.6 Å². The Morgan fingerprint density at radius 1 is 0.963 bits per heavy atom. The first-order valence-corrected chi connectivity index (χ1v) is 25.9. The van der Waals surface area contributed by atoms with E-state index < -0.39 is 55.4 Å². The molecule has 8 nitrogen and oxygen atoms in total. The number of amides is 2. The molecule has 3 heterocycles. The summed E-state index contributed by atoms with van der Waals surface area (Å²) in [6.45, 7) is 15.2. The Balaban J connectivity index is 1.63. The summed E-state index contributed by atoms with van der Waals surface area (Å²) >= 11 is 1.61. The van der Waals surface area contributed by atoms with Gasteiger partial charge in [0.2, 0.25) is 11.8 Å². The number of fused-ring (bicyclic) bond motifs is 1. The fourth-order valence-electron chi connectivity index (χ4n) is 7.27. The highest BCUT2D eigenvalue weighted by Gasteiger charge is 2.60. The first kappa shape index (κ1) is 40.1. The summed E-state index contributed by atoms with van der Waals surface area (Å²) in [5, 5.41) is 8.30. The number of carbonyl (C=O) groups is 3. The Hall–Kier alpha value is -3.57. The van der Waals surface area contributed by atoms with Gasteiger partial charge in [-0.2, -0.15) is 4.83 Å². The molecule has 54 heavy (non-hydrogen) atoms. The Morgan fingerprint density at radius 3 is 1.94 bits per heavy atom. The molecule has 3 aliphatic rings. The Labute approximate surface area is 327 Å². The number of likely N-dealkylation sites (tertiary alicyclic amines) is 1. The van der Waals surface area contributed by atoms with E-state index in [1.54, 1.807) is 21.7 Å². The highest BCUT2D eigenvalue weighted by atomic mass is 32.3. The van der Waals surface area contributed by atoms with Crippen molar-refractivity contribution in [3.8, 4) is 0 Å². The topological polar surface area (TPSA) is 88.2 Å². The lowest BCUT2D eigenvalue weighted by atomic mass is 9.76. The second kappa shape index (κ2) is 15.5. The molecule has 12 heteroatoms. The number of hydrogen-bond acceptors (Lipinski definition) is 7. The molecule has 1 saturated heterocycles. The number of rotatable bonds is 12. The zero-order valence-corrected chi connectivity index (χ0v) is 35.9. The summed E-state index contributed by atoms with van der Waals surface area (Å²) in [6.07, 6.45) is 5.00. The summed E-state index contributed by atoms with van der Waals surface area (Å²) in [6, 6.07) is 29.0. The Bertz CT molecular complexity index is 1930. The van der Waals surface area contributed by atoms with Gasteiger partial charge in [-0.3, -0.25) is 9.59 Å². The van der Waals surface area contributed by atoms with Gasteiger partial charge in [0.25, 0.3) is 0 Å². The van der Waals surface area contributed by atoms with Crippen LogP contribution in [0.25, 0.3) is 0 Å². The van der Waals surface area contributed by atoms with Crippen molar-refractivity contribution < 1.29 is 23.5 Å². The number of hydrazine groups is 1. The highest BCUT2D eigenvalue weighted by molar-refractivity contribution is 8.47. The van der Waals surface area contributed by atoms with Crippen LogP contribution in [0.3, 0.4) is 0 Å². The molecule has 0 bridgehead atoms. The molecule has 1 N–H and O–H groups in total. The quantitative estimate of drug-likeness (QED) is 0.0671. The zero-order valence-electron chi connectivity index (χ0n) is 32.4. The van der Waals surface area contributed by atoms with E-state index in [4.69, 9.17) is 9.16 Å². The van der Waals surface area contributed by atoms with Crippen LogP contribution in [0.15, 0.2) is 125 Å². The van der Waals surface area contributed by atoms with Gasteiger partial charge >= 0.3 is 5.97 Å². The molecule has 1 unspecified atom stereocenters. The summed E-state index contributed by atoms with van der Waals surface area (Å²) in [5.41, 5.74) is 0.235. The molecule has 1 fully saturated rings. The van der Waals surface area contributed by atoms with Gasteiger partial charge < -0.3 is 14.1 Å². The SMILES string of the molecule is C=CCOC(=O)C(N1C(=O)[C@H]([C@@H](C)O[Si](C)(C)C(C)(C)C)[C@H]1[C@@H](C)C(=O)N1C=C2SC=CS2(C)N1)=P(c1ccccc1)(c1ccccc1)c1ccccc1. The molecule has 0 spiro atoms. The van der Waals surface area contributed by atoms with E-state index in [0.29, 0.717) is 0 Å². The van der Waals surface area contributed by atoms with Gasteiger partial charge in [-0.05, 0) is 58.0 Å². The van der Waals surface area contributed by atoms with Gasteiger partial charge in [0.15, 0.2) is 8.32 Å². The summed E-state index contributed by atoms with van der Waals surface area (Å²) in [4.78, 5) is 50.1. The fourth-order valence-corrected chi connectivity index (χ4v) is 16.9.